The first-order chi connectivity index (χ1) is 8.97. The van der Waals surface area contributed by atoms with Crippen molar-refractivity contribution in [1.82, 2.24) is 9.47 Å². The molecule has 0 aliphatic rings. The fraction of sp³-hybridized carbons (Fsp3) is 0.429. The smallest absolute Gasteiger partial charge is 0.408 e. The Balaban J connectivity index is 2.09. The first-order valence-electron chi connectivity index (χ1n) is 6.24. The molecule has 19 heavy (non-hydrogen) atoms. The zero-order valence-electron chi connectivity index (χ0n) is 11.5. The summed E-state index contributed by atoms with van der Waals surface area (Å²) in [6, 6.07) is 5.76. The molecule has 0 radical (unpaired) electrons. The van der Waals surface area contributed by atoms with E-state index in [2.05, 4.69) is 0 Å². The standard InChI is InChI=1S/C14H18N2O3/c1-10(17)9-15(2)7-6-11-4-5-12-13(8-11)19-14(18)16(12)3/h4-5,8H,6-7,9H2,1-3H3. The highest BCUT2D eigenvalue weighted by atomic mass is 16.4. The van der Waals surface area contributed by atoms with Crippen LogP contribution in [-0.2, 0) is 18.3 Å². The number of hydrogen-bond donors (Lipinski definition) is 0. The van der Waals surface area contributed by atoms with E-state index in [1.165, 1.54) is 4.57 Å². The van der Waals surface area contributed by atoms with Gasteiger partial charge in [0.15, 0.2) is 5.58 Å². The van der Waals surface area contributed by atoms with Crippen molar-refractivity contribution >= 4 is 16.9 Å². The van der Waals surface area contributed by atoms with Gasteiger partial charge >= 0.3 is 5.76 Å². The highest BCUT2D eigenvalue weighted by molar-refractivity contribution is 5.77. The average molecular weight is 262 g/mol. The van der Waals surface area contributed by atoms with E-state index in [4.69, 9.17) is 4.42 Å². The third-order valence-electron chi connectivity index (χ3n) is 3.13. The van der Waals surface area contributed by atoms with E-state index in [1.807, 2.05) is 30.1 Å². The molecule has 0 unspecified atom stereocenters. The summed E-state index contributed by atoms with van der Waals surface area (Å²) in [6.07, 6.45) is 0.818. The van der Waals surface area contributed by atoms with Crippen molar-refractivity contribution < 1.29 is 9.21 Å². The monoisotopic (exact) mass is 262 g/mol. The van der Waals surface area contributed by atoms with E-state index in [9.17, 15) is 9.59 Å². The summed E-state index contributed by atoms with van der Waals surface area (Å²) in [6.45, 7) is 2.84. The minimum Gasteiger partial charge on any atom is -0.408 e. The largest absolute Gasteiger partial charge is 0.419 e. The van der Waals surface area contributed by atoms with Gasteiger partial charge in [-0.15, -0.1) is 0 Å². The first-order valence-corrected chi connectivity index (χ1v) is 6.24. The van der Waals surface area contributed by atoms with Gasteiger partial charge in [0.2, 0.25) is 0 Å². The Bertz CT molecular complexity index is 654. The number of rotatable bonds is 5. The fourth-order valence-corrected chi connectivity index (χ4v) is 2.11. The highest BCUT2D eigenvalue weighted by Crippen LogP contribution is 2.14. The van der Waals surface area contributed by atoms with E-state index in [0.717, 1.165) is 24.0 Å². The maximum Gasteiger partial charge on any atom is 0.419 e. The number of benzene rings is 1. The van der Waals surface area contributed by atoms with Crippen LogP contribution in [0.1, 0.15) is 12.5 Å². The summed E-state index contributed by atoms with van der Waals surface area (Å²) in [5.41, 5.74) is 2.50. The van der Waals surface area contributed by atoms with Crippen LogP contribution in [0.3, 0.4) is 0 Å². The molecule has 1 heterocycles. The van der Waals surface area contributed by atoms with Gasteiger partial charge in [0.1, 0.15) is 5.78 Å². The molecule has 2 aromatic rings. The normalized spacial score (nSPS) is 11.4. The minimum absolute atomic E-state index is 0.159. The molecule has 0 aliphatic carbocycles. The molecule has 0 fully saturated rings. The van der Waals surface area contributed by atoms with Crippen LogP contribution in [0.15, 0.2) is 27.4 Å². The lowest BCUT2D eigenvalue weighted by atomic mass is 10.1. The van der Waals surface area contributed by atoms with Gasteiger partial charge in [0.05, 0.1) is 12.1 Å². The van der Waals surface area contributed by atoms with Crippen LogP contribution in [0, 0.1) is 0 Å². The van der Waals surface area contributed by atoms with Gasteiger partial charge in [-0.25, -0.2) is 4.79 Å². The topological polar surface area (TPSA) is 55.5 Å². The molecule has 0 atom stereocenters. The Kier molecular flexibility index (Phi) is 3.85. The van der Waals surface area contributed by atoms with Gasteiger partial charge in [-0.2, -0.15) is 0 Å². The van der Waals surface area contributed by atoms with Gasteiger partial charge in [-0.1, -0.05) is 6.07 Å². The number of carbonyl (C=O) groups is 1. The van der Waals surface area contributed by atoms with Crippen molar-refractivity contribution in [2.75, 3.05) is 20.1 Å². The quantitative estimate of drug-likeness (QED) is 0.812. The van der Waals surface area contributed by atoms with Crippen LogP contribution in [0.5, 0.6) is 0 Å². The third-order valence-corrected chi connectivity index (χ3v) is 3.13. The van der Waals surface area contributed by atoms with Crippen LogP contribution in [-0.4, -0.2) is 35.4 Å². The van der Waals surface area contributed by atoms with E-state index in [-0.39, 0.29) is 11.5 Å². The van der Waals surface area contributed by atoms with E-state index in [1.54, 1.807) is 14.0 Å². The number of likely N-dealkylation sites (N-methyl/N-ethyl adjacent to an activating group) is 1. The van der Waals surface area contributed by atoms with Crippen molar-refractivity contribution in [3.05, 3.63) is 34.3 Å². The summed E-state index contributed by atoms with van der Waals surface area (Å²) in [7, 11) is 3.61. The summed E-state index contributed by atoms with van der Waals surface area (Å²) in [4.78, 5) is 24.4. The second-order valence-corrected chi connectivity index (χ2v) is 4.92. The molecule has 0 bridgehead atoms. The fourth-order valence-electron chi connectivity index (χ4n) is 2.11. The summed E-state index contributed by atoms with van der Waals surface area (Å²) < 4.78 is 6.64. The molecule has 1 aromatic carbocycles. The maximum absolute atomic E-state index is 11.4. The van der Waals surface area contributed by atoms with Crippen molar-refractivity contribution in [2.24, 2.45) is 7.05 Å². The Morgan fingerprint density at radius 2 is 2.16 bits per heavy atom. The molecular weight excluding hydrogens is 244 g/mol. The number of oxazole rings is 1. The maximum atomic E-state index is 11.4. The molecular formula is C14H18N2O3. The second kappa shape index (κ2) is 5.40. The molecule has 0 aliphatic heterocycles. The molecule has 0 saturated carbocycles. The lowest BCUT2D eigenvalue weighted by Crippen LogP contribution is -2.26. The summed E-state index contributed by atoms with van der Waals surface area (Å²) in [5, 5.41) is 0. The SMILES string of the molecule is CC(=O)CN(C)CCc1ccc2c(c1)oc(=O)n2C. The Hall–Kier alpha value is -1.88. The van der Waals surface area contributed by atoms with Crippen LogP contribution >= 0.6 is 0 Å². The molecule has 0 spiro atoms. The Labute approximate surface area is 111 Å². The van der Waals surface area contributed by atoms with Crippen LogP contribution in [0.2, 0.25) is 0 Å². The zero-order valence-corrected chi connectivity index (χ0v) is 11.5. The van der Waals surface area contributed by atoms with Crippen molar-refractivity contribution in [1.29, 1.82) is 0 Å². The summed E-state index contributed by atoms with van der Waals surface area (Å²) in [5.74, 6) is -0.187. The number of aromatic nitrogens is 1. The van der Waals surface area contributed by atoms with Crippen molar-refractivity contribution in [3.63, 3.8) is 0 Å². The minimum atomic E-state index is -0.346. The Morgan fingerprint density at radius 3 is 2.84 bits per heavy atom. The molecule has 5 nitrogen and oxygen atoms in total. The summed E-state index contributed by atoms with van der Waals surface area (Å²) >= 11 is 0. The lowest BCUT2D eigenvalue weighted by Gasteiger charge is -2.14. The molecule has 1 aromatic heterocycles. The first kappa shape index (κ1) is 13.5. The van der Waals surface area contributed by atoms with Crippen LogP contribution in [0.4, 0.5) is 0 Å². The number of fused-ring (bicyclic) bond motifs is 1. The van der Waals surface area contributed by atoms with Gasteiger partial charge in [-0.3, -0.25) is 14.3 Å². The van der Waals surface area contributed by atoms with Crippen LogP contribution in [0.25, 0.3) is 11.1 Å². The number of hydrogen-bond acceptors (Lipinski definition) is 4. The Morgan fingerprint density at radius 1 is 1.42 bits per heavy atom. The molecule has 0 amide bonds. The van der Waals surface area contributed by atoms with E-state index in [0.29, 0.717) is 12.1 Å². The predicted molar refractivity (Wildman–Crippen MR) is 73.3 cm³/mol. The van der Waals surface area contributed by atoms with E-state index < -0.39 is 0 Å². The highest BCUT2D eigenvalue weighted by Gasteiger charge is 2.07. The number of aryl methyl sites for hydroxylation is 1. The number of Topliss-reactive ketones (excluding diaryl/α,β-unsaturated/α-hetero) is 1. The van der Waals surface area contributed by atoms with Crippen molar-refractivity contribution in [3.8, 4) is 0 Å². The van der Waals surface area contributed by atoms with Crippen LogP contribution < -0.4 is 5.76 Å². The number of nitrogens with zero attached hydrogens (tertiary/aromatic N) is 2. The molecule has 2 rings (SSSR count). The van der Waals surface area contributed by atoms with Gasteiger partial charge in [0, 0.05) is 13.6 Å². The molecule has 5 heteroatoms. The third kappa shape index (κ3) is 3.12. The molecule has 102 valence electrons. The average Bonchev–Trinajstić information content (AvgIpc) is 2.61. The lowest BCUT2D eigenvalue weighted by molar-refractivity contribution is -0.117. The van der Waals surface area contributed by atoms with Gasteiger partial charge in [-0.05, 0) is 38.1 Å². The van der Waals surface area contributed by atoms with E-state index >= 15 is 0 Å². The van der Waals surface area contributed by atoms with Gasteiger partial charge in [0.25, 0.3) is 0 Å². The molecule has 0 saturated heterocycles. The van der Waals surface area contributed by atoms with Gasteiger partial charge < -0.3 is 4.42 Å². The molecule has 0 N–H and O–H groups in total. The number of carbonyl (C=O) groups excluding carboxylic acids is 1. The number of ketones is 1. The zero-order chi connectivity index (χ0) is 14.0. The second-order valence-electron chi connectivity index (χ2n) is 4.92. The predicted octanol–water partition coefficient (Wildman–Crippen LogP) is 1.19. The van der Waals surface area contributed by atoms with Crippen molar-refractivity contribution in [2.45, 2.75) is 13.3 Å².